The van der Waals surface area contributed by atoms with Crippen molar-refractivity contribution in [2.45, 2.75) is 26.0 Å². The van der Waals surface area contributed by atoms with Crippen LogP contribution in [0.15, 0.2) is 12.4 Å². The van der Waals surface area contributed by atoms with Gasteiger partial charge in [0.25, 0.3) is 0 Å². The third-order valence-corrected chi connectivity index (χ3v) is 2.85. The normalized spacial score (nSPS) is 20.2. The zero-order chi connectivity index (χ0) is 12.3. The zero-order valence-corrected chi connectivity index (χ0v) is 10.7. The van der Waals surface area contributed by atoms with Gasteiger partial charge < -0.3 is 10.1 Å². The fourth-order valence-corrected chi connectivity index (χ4v) is 2.04. The highest BCUT2D eigenvalue weighted by molar-refractivity contribution is 5.29. The smallest absolute Gasteiger partial charge is 0.144 e. The fraction of sp³-hybridized carbons (Fsp3) is 0.667. The van der Waals surface area contributed by atoms with Crippen molar-refractivity contribution >= 4 is 5.82 Å². The van der Waals surface area contributed by atoms with Gasteiger partial charge in [0.2, 0.25) is 0 Å². The van der Waals surface area contributed by atoms with E-state index in [-0.39, 0.29) is 5.60 Å². The maximum atomic E-state index is 5.68. The number of anilines is 1. The van der Waals surface area contributed by atoms with Crippen LogP contribution in [0.5, 0.6) is 0 Å². The number of hydrogen-bond donors (Lipinski definition) is 1. The Bertz CT molecular complexity index is 363. The highest BCUT2D eigenvalue weighted by atomic mass is 16.5. The first kappa shape index (κ1) is 12.3. The highest BCUT2D eigenvalue weighted by Gasteiger charge is 2.27. The molecule has 0 saturated carbocycles. The van der Waals surface area contributed by atoms with E-state index in [1.54, 1.807) is 6.20 Å². The van der Waals surface area contributed by atoms with Gasteiger partial charge in [-0.25, -0.2) is 4.98 Å². The van der Waals surface area contributed by atoms with Crippen LogP contribution in [0.25, 0.3) is 0 Å². The Balaban J connectivity index is 1.95. The van der Waals surface area contributed by atoms with E-state index in [1.807, 2.05) is 13.2 Å². The summed E-state index contributed by atoms with van der Waals surface area (Å²) < 4.78 is 5.68. The van der Waals surface area contributed by atoms with E-state index in [0.717, 1.165) is 37.8 Å². The Morgan fingerprint density at radius 2 is 2.24 bits per heavy atom. The number of aromatic nitrogens is 2. The summed E-state index contributed by atoms with van der Waals surface area (Å²) in [7, 11) is 1.84. The van der Waals surface area contributed by atoms with Crippen LogP contribution in [-0.2, 0) is 11.3 Å². The SMILES string of the molecule is CNc1cnc(CN2CCOC(C)(C)C2)cn1. The standard InChI is InChI=1S/C12H20N4O/c1-12(2)9-16(4-5-17-12)8-10-6-15-11(13-3)7-14-10/h6-7H,4-5,8-9H2,1-3H3,(H,13,15). The first-order valence-electron chi connectivity index (χ1n) is 5.94. The molecule has 2 heterocycles. The molecule has 1 aliphatic rings. The minimum Gasteiger partial charge on any atom is -0.373 e. The molecule has 0 radical (unpaired) electrons. The third kappa shape index (κ3) is 3.38. The summed E-state index contributed by atoms with van der Waals surface area (Å²) in [5.41, 5.74) is 0.943. The predicted molar refractivity (Wildman–Crippen MR) is 66.9 cm³/mol. The molecule has 0 unspecified atom stereocenters. The van der Waals surface area contributed by atoms with Gasteiger partial charge in [0.1, 0.15) is 5.82 Å². The molecule has 0 atom stereocenters. The largest absolute Gasteiger partial charge is 0.373 e. The molecule has 0 bridgehead atoms. The van der Waals surface area contributed by atoms with Gasteiger partial charge in [-0.1, -0.05) is 0 Å². The van der Waals surface area contributed by atoms with Crippen molar-refractivity contribution in [3.63, 3.8) is 0 Å². The number of morpholine rings is 1. The van der Waals surface area contributed by atoms with Crippen molar-refractivity contribution in [3.05, 3.63) is 18.1 Å². The summed E-state index contributed by atoms with van der Waals surface area (Å²) in [5, 5.41) is 2.96. The minimum absolute atomic E-state index is 0.0589. The molecule has 1 fully saturated rings. The number of ether oxygens (including phenoxy) is 1. The van der Waals surface area contributed by atoms with Gasteiger partial charge >= 0.3 is 0 Å². The molecule has 5 nitrogen and oxygen atoms in total. The van der Waals surface area contributed by atoms with E-state index >= 15 is 0 Å². The summed E-state index contributed by atoms with van der Waals surface area (Å²) in [5.74, 6) is 0.802. The molecule has 1 aromatic heterocycles. The van der Waals surface area contributed by atoms with Gasteiger partial charge in [-0.15, -0.1) is 0 Å². The number of hydrogen-bond acceptors (Lipinski definition) is 5. The van der Waals surface area contributed by atoms with Crippen LogP contribution in [0.1, 0.15) is 19.5 Å². The lowest BCUT2D eigenvalue weighted by Crippen LogP contribution is -2.47. The van der Waals surface area contributed by atoms with Crippen LogP contribution in [0, 0.1) is 0 Å². The average Bonchev–Trinajstić information content (AvgIpc) is 2.29. The van der Waals surface area contributed by atoms with E-state index in [1.165, 1.54) is 0 Å². The van der Waals surface area contributed by atoms with E-state index in [4.69, 9.17) is 4.74 Å². The Kier molecular flexibility index (Phi) is 3.59. The number of nitrogens with one attached hydrogen (secondary N) is 1. The molecule has 1 aliphatic heterocycles. The van der Waals surface area contributed by atoms with Gasteiger partial charge in [-0.3, -0.25) is 9.88 Å². The van der Waals surface area contributed by atoms with Gasteiger partial charge in [0.15, 0.2) is 0 Å². The quantitative estimate of drug-likeness (QED) is 0.852. The molecule has 0 amide bonds. The molecular weight excluding hydrogens is 216 g/mol. The predicted octanol–water partition coefficient (Wildman–Crippen LogP) is 1.13. The number of nitrogens with zero attached hydrogens (tertiary/aromatic N) is 3. The Morgan fingerprint density at radius 1 is 1.41 bits per heavy atom. The maximum absolute atomic E-state index is 5.68. The van der Waals surface area contributed by atoms with E-state index in [0.29, 0.717) is 0 Å². The van der Waals surface area contributed by atoms with Crippen molar-refractivity contribution in [2.75, 3.05) is 32.1 Å². The topological polar surface area (TPSA) is 50.3 Å². The fourth-order valence-electron chi connectivity index (χ4n) is 2.04. The molecule has 2 rings (SSSR count). The molecule has 1 aromatic rings. The lowest BCUT2D eigenvalue weighted by Gasteiger charge is -2.37. The second-order valence-corrected chi connectivity index (χ2v) is 4.96. The van der Waals surface area contributed by atoms with Crippen LogP contribution >= 0.6 is 0 Å². The Morgan fingerprint density at radius 3 is 2.82 bits per heavy atom. The van der Waals surface area contributed by atoms with Crippen LogP contribution in [-0.4, -0.2) is 47.2 Å². The first-order valence-corrected chi connectivity index (χ1v) is 5.94. The molecule has 17 heavy (non-hydrogen) atoms. The second kappa shape index (κ2) is 4.98. The second-order valence-electron chi connectivity index (χ2n) is 4.96. The van der Waals surface area contributed by atoms with Crippen LogP contribution < -0.4 is 5.32 Å². The monoisotopic (exact) mass is 236 g/mol. The van der Waals surface area contributed by atoms with Gasteiger partial charge in [-0.05, 0) is 13.8 Å². The molecule has 5 heteroatoms. The van der Waals surface area contributed by atoms with Crippen molar-refractivity contribution in [1.29, 1.82) is 0 Å². The highest BCUT2D eigenvalue weighted by Crippen LogP contribution is 2.17. The minimum atomic E-state index is -0.0589. The molecule has 0 aliphatic carbocycles. The lowest BCUT2D eigenvalue weighted by atomic mass is 10.1. The molecule has 1 saturated heterocycles. The molecule has 94 valence electrons. The van der Waals surface area contributed by atoms with E-state index in [9.17, 15) is 0 Å². The van der Waals surface area contributed by atoms with Crippen molar-refractivity contribution in [1.82, 2.24) is 14.9 Å². The van der Waals surface area contributed by atoms with Crippen molar-refractivity contribution in [2.24, 2.45) is 0 Å². The summed E-state index contributed by atoms with van der Waals surface area (Å²) in [6, 6.07) is 0. The molecule has 0 spiro atoms. The van der Waals surface area contributed by atoms with E-state index in [2.05, 4.69) is 34.0 Å². The summed E-state index contributed by atoms with van der Waals surface area (Å²) in [6.45, 7) is 7.75. The van der Waals surface area contributed by atoms with E-state index < -0.39 is 0 Å². The van der Waals surface area contributed by atoms with Crippen molar-refractivity contribution in [3.8, 4) is 0 Å². The van der Waals surface area contributed by atoms with Crippen LogP contribution in [0.2, 0.25) is 0 Å². The third-order valence-electron chi connectivity index (χ3n) is 2.85. The number of rotatable bonds is 3. The average molecular weight is 236 g/mol. The van der Waals surface area contributed by atoms with Gasteiger partial charge in [0, 0.05) is 26.7 Å². The summed E-state index contributed by atoms with van der Waals surface area (Å²) >= 11 is 0. The Labute approximate surface area is 102 Å². The summed E-state index contributed by atoms with van der Waals surface area (Å²) in [4.78, 5) is 11.0. The lowest BCUT2D eigenvalue weighted by molar-refractivity contribution is -0.0885. The molecular formula is C12H20N4O. The van der Waals surface area contributed by atoms with Gasteiger partial charge in [-0.2, -0.15) is 0 Å². The molecule has 0 aromatic carbocycles. The summed E-state index contributed by atoms with van der Waals surface area (Å²) in [6.07, 6.45) is 3.59. The first-order chi connectivity index (χ1) is 8.09. The Hall–Kier alpha value is -1.20. The zero-order valence-electron chi connectivity index (χ0n) is 10.7. The van der Waals surface area contributed by atoms with Crippen LogP contribution in [0.4, 0.5) is 5.82 Å². The van der Waals surface area contributed by atoms with Gasteiger partial charge in [0.05, 0.1) is 30.3 Å². The van der Waals surface area contributed by atoms with Crippen LogP contribution in [0.3, 0.4) is 0 Å². The maximum Gasteiger partial charge on any atom is 0.144 e. The van der Waals surface area contributed by atoms with Crippen molar-refractivity contribution < 1.29 is 4.74 Å². The molecule has 1 N–H and O–H groups in total.